The van der Waals surface area contributed by atoms with E-state index in [1.807, 2.05) is 0 Å². The van der Waals surface area contributed by atoms with Crippen LogP contribution in [0.5, 0.6) is 0 Å². The highest BCUT2D eigenvalue weighted by molar-refractivity contribution is 6.10. The highest BCUT2D eigenvalue weighted by Crippen LogP contribution is 2.04. The van der Waals surface area contributed by atoms with Crippen LogP contribution in [0.15, 0.2) is 36.2 Å². The average molecular weight is 249 g/mol. The van der Waals surface area contributed by atoms with Gasteiger partial charge in [-0.25, -0.2) is 15.6 Å². The van der Waals surface area contributed by atoms with Crippen molar-refractivity contribution in [2.24, 2.45) is 5.84 Å². The van der Waals surface area contributed by atoms with Crippen LogP contribution in [0.1, 0.15) is 17.3 Å². The summed E-state index contributed by atoms with van der Waals surface area (Å²) in [7, 11) is 0. The molecule has 94 valence electrons. The largest absolute Gasteiger partial charge is 0.478 e. The maximum atomic E-state index is 11.8. The molecule has 0 unspecified atom stereocenters. The van der Waals surface area contributed by atoms with Crippen molar-refractivity contribution in [2.75, 3.05) is 0 Å². The molecular formula is C11H11N3O4. The van der Waals surface area contributed by atoms with Crippen LogP contribution in [0.25, 0.3) is 0 Å². The second-order valence-corrected chi connectivity index (χ2v) is 3.38. The predicted molar refractivity (Wildman–Crippen MR) is 61.0 cm³/mol. The Morgan fingerprint density at radius 2 is 1.89 bits per heavy atom. The Morgan fingerprint density at radius 1 is 1.33 bits per heavy atom. The van der Waals surface area contributed by atoms with Crippen LogP contribution in [0.4, 0.5) is 0 Å². The van der Waals surface area contributed by atoms with Gasteiger partial charge in [0.25, 0.3) is 11.8 Å². The third-order valence-electron chi connectivity index (χ3n) is 2.04. The fourth-order valence-electron chi connectivity index (χ4n) is 1.16. The van der Waals surface area contributed by atoms with Crippen molar-refractivity contribution in [2.45, 2.75) is 6.92 Å². The summed E-state index contributed by atoms with van der Waals surface area (Å²) in [5.41, 5.74) is 0.0383. The summed E-state index contributed by atoms with van der Waals surface area (Å²) in [6.07, 6.45) is 3.44. The molecule has 0 aliphatic heterocycles. The van der Waals surface area contributed by atoms with Gasteiger partial charge in [0.2, 0.25) is 0 Å². The first-order valence-corrected chi connectivity index (χ1v) is 4.88. The van der Waals surface area contributed by atoms with Gasteiger partial charge in [-0.05, 0) is 19.1 Å². The number of carboxylic acids is 1. The van der Waals surface area contributed by atoms with E-state index in [0.717, 1.165) is 0 Å². The number of carbonyl (C=O) groups excluding carboxylic acids is 2. The lowest BCUT2D eigenvalue weighted by Crippen LogP contribution is -2.43. The van der Waals surface area contributed by atoms with Crippen LogP contribution < -0.4 is 5.84 Å². The highest BCUT2D eigenvalue weighted by atomic mass is 16.4. The van der Waals surface area contributed by atoms with Gasteiger partial charge in [-0.1, -0.05) is 0 Å². The van der Waals surface area contributed by atoms with Crippen LogP contribution in [-0.4, -0.2) is 32.9 Å². The van der Waals surface area contributed by atoms with E-state index < -0.39 is 17.8 Å². The lowest BCUT2D eigenvalue weighted by molar-refractivity contribution is -0.132. The number of aliphatic carboxylic acids is 1. The van der Waals surface area contributed by atoms with Crippen molar-refractivity contribution in [1.29, 1.82) is 0 Å². The molecular weight excluding hydrogens is 238 g/mol. The number of amides is 2. The second-order valence-electron chi connectivity index (χ2n) is 3.38. The lowest BCUT2D eigenvalue weighted by atomic mass is 10.2. The molecule has 0 aliphatic rings. The standard InChI is InChI=1S/C11H11N3O4/c1-7(6-9(15)16)10(17)14(12)11(18)8-2-4-13-5-3-8/h2-6H,12H2,1H3,(H,15,16). The quantitative estimate of drug-likeness (QED) is 0.336. The lowest BCUT2D eigenvalue weighted by Gasteiger charge is -2.14. The molecule has 3 N–H and O–H groups in total. The fourth-order valence-corrected chi connectivity index (χ4v) is 1.16. The number of nitrogens with two attached hydrogens (primary N) is 1. The highest BCUT2D eigenvalue weighted by Gasteiger charge is 2.21. The summed E-state index contributed by atoms with van der Waals surface area (Å²) in [6.45, 7) is 1.26. The van der Waals surface area contributed by atoms with E-state index in [9.17, 15) is 14.4 Å². The number of aromatic nitrogens is 1. The van der Waals surface area contributed by atoms with E-state index in [0.29, 0.717) is 11.1 Å². The number of carbonyl (C=O) groups is 3. The van der Waals surface area contributed by atoms with Crippen LogP contribution in [-0.2, 0) is 9.59 Å². The maximum absolute atomic E-state index is 11.8. The third kappa shape index (κ3) is 3.22. The molecule has 1 aromatic rings. The molecule has 0 atom stereocenters. The first kappa shape index (κ1) is 13.5. The number of hydrogen-bond donors (Lipinski definition) is 2. The average Bonchev–Trinajstić information content (AvgIpc) is 2.36. The normalized spacial score (nSPS) is 10.9. The number of hydrazine groups is 1. The molecule has 7 nitrogen and oxygen atoms in total. The van der Waals surface area contributed by atoms with Gasteiger partial charge in [-0.3, -0.25) is 14.6 Å². The Kier molecular flexibility index (Phi) is 4.27. The van der Waals surface area contributed by atoms with Crippen molar-refractivity contribution in [3.05, 3.63) is 41.7 Å². The van der Waals surface area contributed by atoms with Crippen LogP contribution in [0.2, 0.25) is 0 Å². The summed E-state index contributed by atoms with van der Waals surface area (Å²) >= 11 is 0. The second kappa shape index (κ2) is 5.69. The molecule has 0 radical (unpaired) electrons. The summed E-state index contributed by atoms with van der Waals surface area (Å²) < 4.78 is 0. The zero-order valence-electron chi connectivity index (χ0n) is 9.53. The summed E-state index contributed by atoms with van der Waals surface area (Å²) in [5.74, 6) is 2.45. The van der Waals surface area contributed by atoms with Crippen molar-refractivity contribution in [3.63, 3.8) is 0 Å². The molecule has 1 heterocycles. The van der Waals surface area contributed by atoms with Crippen molar-refractivity contribution in [3.8, 4) is 0 Å². The SMILES string of the molecule is CC(=CC(=O)O)C(=O)N(N)C(=O)c1ccncc1. The summed E-state index contributed by atoms with van der Waals surface area (Å²) in [5, 5.41) is 8.85. The molecule has 1 rings (SSSR count). The molecule has 0 spiro atoms. The number of imide groups is 1. The van der Waals surface area contributed by atoms with Gasteiger partial charge in [0.15, 0.2) is 0 Å². The van der Waals surface area contributed by atoms with Crippen LogP contribution in [0, 0.1) is 0 Å². The molecule has 2 amide bonds. The summed E-state index contributed by atoms with van der Waals surface area (Å²) in [4.78, 5) is 37.5. The van der Waals surface area contributed by atoms with Crippen LogP contribution >= 0.6 is 0 Å². The topological polar surface area (TPSA) is 114 Å². The number of carboxylic acid groups (broad SMARTS) is 1. The van der Waals surface area contributed by atoms with Gasteiger partial charge in [-0.15, -0.1) is 0 Å². The Labute approximate surface area is 102 Å². The monoisotopic (exact) mass is 249 g/mol. The van der Waals surface area contributed by atoms with Crippen LogP contribution in [0.3, 0.4) is 0 Å². The van der Waals surface area contributed by atoms with E-state index in [-0.39, 0.29) is 11.1 Å². The van der Waals surface area contributed by atoms with E-state index in [2.05, 4.69) is 4.98 Å². The Bertz CT molecular complexity index is 510. The van der Waals surface area contributed by atoms with Crippen molar-refractivity contribution >= 4 is 17.8 Å². The van der Waals surface area contributed by atoms with E-state index >= 15 is 0 Å². The predicted octanol–water partition coefficient (Wildman–Crippen LogP) is -0.0450. The Balaban J connectivity index is 2.89. The number of hydrogen-bond acceptors (Lipinski definition) is 5. The van der Waals surface area contributed by atoms with Gasteiger partial charge >= 0.3 is 5.97 Å². The number of nitrogens with zero attached hydrogens (tertiary/aromatic N) is 2. The fraction of sp³-hybridized carbons (Fsp3) is 0.0909. The molecule has 18 heavy (non-hydrogen) atoms. The molecule has 0 fully saturated rings. The first-order valence-electron chi connectivity index (χ1n) is 4.88. The smallest absolute Gasteiger partial charge is 0.328 e. The minimum Gasteiger partial charge on any atom is -0.478 e. The molecule has 1 aromatic heterocycles. The minimum absolute atomic E-state index is 0.146. The van der Waals surface area contributed by atoms with Crippen molar-refractivity contribution < 1.29 is 19.5 Å². The molecule has 0 saturated heterocycles. The van der Waals surface area contributed by atoms with Gasteiger partial charge in [0.05, 0.1) is 0 Å². The van der Waals surface area contributed by atoms with E-state index in [1.165, 1.54) is 31.5 Å². The third-order valence-corrected chi connectivity index (χ3v) is 2.04. The Hall–Kier alpha value is -2.54. The zero-order valence-corrected chi connectivity index (χ0v) is 9.53. The van der Waals surface area contributed by atoms with E-state index in [1.54, 1.807) is 0 Å². The van der Waals surface area contributed by atoms with E-state index in [4.69, 9.17) is 10.9 Å². The molecule has 0 saturated carbocycles. The molecule has 0 bridgehead atoms. The minimum atomic E-state index is -1.29. The Morgan fingerprint density at radius 3 is 2.39 bits per heavy atom. The first-order chi connectivity index (χ1) is 8.43. The van der Waals surface area contributed by atoms with Gasteiger partial charge in [-0.2, -0.15) is 0 Å². The maximum Gasteiger partial charge on any atom is 0.328 e. The number of rotatable bonds is 3. The molecule has 7 heteroatoms. The zero-order chi connectivity index (χ0) is 13.7. The van der Waals surface area contributed by atoms with Gasteiger partial charge in [0.1, 0.15) is 0 Å². The molecule has 0 aromatic carbocycles. The summed E-state index contributed by atoms with van der Waals surface area (Å²) in [6, 6.07) is 2.79. The van der Waals surface area contributed by atoms with Gasteiger partial charge in [0, 0.05) is 29.6 Å². The van der Waals surface area contributed by atoms with Crippen molar-refractivity contribution in [1.82, 2.24) is 9.99 Å². The number of pyridine rings is 1. The van der Waals surface area contributed by atoms with Gasteiger partial charge < -0.3 is 5.11 Å². The molecule has 0 aliphatic carbocycles.